The lowest BCUT2D eigenvalue weighted by molar-refractivity contribution is -0.157. The highest BCUT2D eigenvalue weighted by atomic mass is 32.2. The third kappa shape index (κ3) is 5.93. The minimum absolute atomic E-state index is 0.111. The van der Waals surface area contributed by atoms with Gasteiger partial charge < -0.3 is 14.2 Å². The number of aryl methyl sites for hydroxylation is 2. The number of hydrogen-bond acceptors (Lipinski definition) is 7. The van der Waals surface area contributed by atoms with Crippen LogP contribution in [0.5, 0.6) is 11.6 Å². The van der Waals surface area contributed by atoms with Crippen LogP contribution in [0.15, 0.2) is 36.5 Å². The molecule has 1 aromatic heterocycles. The Morgan fingerprint density at radius 3 is 2.34 bits per heavy atom. The number of halogens is 2. The summed E-state index contributed by atoms with van der Waals surface area (Å²) >= 11 is 0. The topological polar surface area (TPSA) is 91.8 Å². The summed E-state index contributed by atoms with van der Waals surface area (Å²) in [5.74, 6) is -0.466. The van der Waals surface area contributed by atoms with E-state index < -0.39 is 27.1 Å². The van der Waals surface area contributed by atoms with Crippen molar-refractivity contribution in [3.63, 3.8) is 0 Å². The zero-order valence-electron chi connectivity index (χ0n) is 25.7. The fraction of sp³-hybridized carbons (Fsp3) is 0.471. The van der Waals surface area contributed by atoms with E-state index in [9.17, 15) is 17.6 Å². The van der Waals surface area contributed by atoms with E-state index in [0.717, 1.165) is 34.7 Å². The summed E-state index contributed by atoms with van der Waals surface area (Å²) in [5, 5.41) is -0.378. The number of rotatable bonds is 8. The van der Waals surface area contributed by atoms with Crippen LogP contribution in [0, 0.1) is 37.3 Å². The number of aromatic nitrogens is 1. The Kier molecular flexibility index (Phi) is 7.50. The highest BCUT2D eigenvalue weighted by Gasteiger charge is 2.61. The largest absolute Gasteiger partial charge is 0.490 e. The van der Waals surface area contributed by atoms with Crippen LogP contribution in [0.1, 0.15) is 67.3 Å². The molecule has 0 spiro atoms. The number of benzene rings is 2. The lowest BCUT2D eigenvalue weighted by Crippen LogP contribution is -2.42. The SMILES string of the molecule is Cc1cc(OC2CC(S(C)(=O)=O)C2)cc(C)c1-c1cc(COc2cc3c(cn2)[C@H]2[C@@H](C3)[C@@H]2C(=O)OC(C)(C)C)c(F)cc1F. The van der Waals surface area contributed by atoms with Crippen LogP contribution in [0.3, 0.4) is 0 Å². The van der Waals surface area contributed by atoms with Gasteiger partial charge in [-0.15, -0.1) is 0 Å². The molecule has 3 aliphatic rings. The number of ether oxygens (including phenoxy) is 3. The molecule has 0 unspecified atom stereocenters. The number of nitrogens with zero attached hydrogens (tertiary/aromatic N) is 1. The second kappa shape index (κ2) is 10.8. The number of carbonyl (C=O) groups is 1. The molecule has 10 heteroatoms. The number of fused-ring (bicyclic) bond motifs is 3. The van der Waals surface area contributed by atoms with Crippen LogP contribution >= 0.6 is 0 Å². The first-order valence-electron chi connectivity index (χ1n) is 14.9. The molecule has 0 amide bonds. The van der Waals surface area contributed by atoms with Crippen LogP contribution in [-0.4, -0.2) is 42.6 Å². The van der Waals surface area contributed by atoms with Crippen molar-refractivity contribution in [2.75, 3.05) is 6.26 Å². The molecule has 234 valence electrons. The summed E-state index contributed by atoms with van der Waals surface area (Å²) in [5.41, 5.74) is 4.14. The fourth-order valence-corrected chi connectivity index (χ4v) is 7.79. The molecule has 2 aromatic carbocycles. The Hall–Kier alpha value is -3.53. The van der Waals surface area contributed by atoms with Crippen LogP contribution in [0.2, 0.25) is 0 Å². The van der Waals surface area contributed by atoms with Gasteiger partial charge in [0.15, 0.2) is 9.84 Å². The van der Waals surface area contributed by atoms with Crippen molar-refractivity contribution in [1.82, 2.24) is 4.98 Å². The van der Waals surface area contributed by atoms with Crippen LogP contribution in [-0.2, 0) is 32.4 Å². The second-order valence-electron chi connectivity index (χ2n) is 13.5. The van der Waals surface area contributed by atoms with Gasteiger partial charge in [-0.25, -0.2) is 22.2 Å². The van der Waals surface area contributed by atoms with Crippen LogP contribution in [0.25, 0.3) is 11.1 Å². The maximum atomic E-state index is 15.1. The monoisotopic (exact) mass is 625 g/mol. The van der Waals surface area contributed by atoms with E-state index in [1.54, 1.807) is 18.3 Å². The van der Waals surface area contributed by atoms with E-state index in [1.807, 2.05) is 40.7 Å². The first-order valence-corrected chi connectivity index (χ1v) is 16.8. The molecule has 3 aliphatic carbocycles. The molecule has 0 bridgehead atoms. The Morgan fingerprint density at radius 1 is 1.02 bits per heavy atom. The minimum atomic E-state index is -3.08. The van der Waals surface area contributed by atoms with E-state index in [4.69, 9.17) is 14.2 Å². The molecule has 0 saturated heterocycles. The smallest absolute Gasteiger partial charge is 0.310 e. The summed E-state index contributed by atoms with van der Waals surface area (Å²) in [6.07, 6.45) is 4.41. The van der Waals surface area contributed by atoms with Gasteiger partial charge in [-0.2, -0.15) is 0 Å². The Bertz CT molecular complexity index is 1740. The zero-order chi connectivity index (χ0) is 31.7. The van der Waals surface area contributed by atoms with Gasteiger partial charge in [0.25, 0.3) is 0 Å². The highest BCUT2D eigenvalue weighted by molar-refractivity contribution is 7.91. The van der Waals surface area contributed by atoms with Crippen molar-refractivity contribution in [3.05, 3.63) is 76.0 Å². The standard InChI is InChI=1S/C34H37F2NO6S/c1-17-7-21(42-22-12-23(13-22)44(6,39)40)8-18(2)30(17)24-10-20(27(35)14-28(24)36)16-41-29-11-19-9-25-31(26(19)15-37-29)32(25)33(38)43-34(3,4)5/h7-8,10-11,14-15,22-23,25,31-32H,9,12-13,16H2,1-6H3/t22?,23?,25-,31-,32+/m1/s1. The van der Waals surface area contributed by atoms with Crippen LogP contribution in [0.4, 0.5) is 8.78 Å². The van der Waals surface area contributed by atoms with E-state index in [2.05, 4.69) is 4.98 Å². The molecule has 1 heterocycles. The Balaban J connectivity index is 1.14. The van der Waals surface area contributed by atoms with Crippen molar-refractivity contribution in [2.24, 2.45) is 11.8 Å². The normalized spacial score (nSPS) is 23.8. The summed E-state index contributed by atoms with van der Waals surface area (Å²) < 4.78 is 70.9. The number of pyridine rings is 1. The van der Waals surface area contributed by atoms with E-state index in [-0.39, 0.29) is 52.8 Å². The molecule has 3 aromatic rings. The molecule has 2 fully saturated rings. The average Bonchev–Trinajstić information content (AvgIpc) is 3.46. The summed E-state index contributed by atoms with van der Waals surface area (Å²) in [4.78, 5) is 17.0. The maximum absolute atomic E-state index is 15.1. The summed E-state index contributed by atoms with van der Waals surface area (Å²) in [6, 6.07) is 7.76. The predicted molar refractivity (Wildman–Crippen MR) is 161 cm³/mol. The maximum Gasteiger partial charge on any atom is 0.310 e. The van der Waals surface area contributed by atoms with Crippen LogP contribution < -0.4 is 9.47 Å². The van der Waals surface area contributed by atoms with Crippen molar-refractivity contribution >= 4 is 15.8 Å². The number of hydrogen-bond donors (Lipinski definition) is 0. The molecular formula is C34H37F2NO6S. The van der Waals surface area contributed by atoms with Gasteiger partial charge in [0.2, 0.25) is 5.88 Å². The molecule has 2 saturated carbocycles. The molecule has 0 aliphatic heterocycles. The van der Waals surface area contributed by atoms with Gasteiger partial charge >= 0.3 is 5.97 Å². The fourth-order valence-electron chi connectivity index (χ4n) is 6.66. The first-order chi connectivity index (χ1) is 20.6. The zero-order valence-corrected chi connectivity index (χ0v) is 26.6. The molecule has 0 radical (unpaired) electrons. The Morgan fingerprint density at radius 2 is 1.70 bits per heavy atom. The van der Waals surface area contributed by atoms with Crippen molar-refractivity contribution < 1.29 is 36.2 Å². The number of sulfone groups is 1. The molecule has 3 atom stereocenters. The van der Waals surface area contributed by atoms with E-state index >= 15 is 4.39 Å². The van der Waals surface area contributed by atoms with Gasteiger partial charge in [-0.3, -0.25) is 4.79 Å². The third-order valence-electron chi connectivity index (χ3n) is 8.91. The van der Waals surface area contributed by atoms with Gasteiger partial charge in [-0.1, -0.05) is 0 Å². The summed E-state index contributed by atoms with van der Waals surface area (Å²) in [7, 11) is -3.08. The lowest BCUT2D eigenvalue weighted by Gasteiger charge is -2.34. The van der Waals surface area contributed by atoms with Gasteiger partial charge in [-0.05, 0) is 93.0 Å². The molecule has 44 heavy (non-hydrogen) atoms. The predicted octanol–water partition coefficient (Wildman–Crippen LogP) is 6.40. The van der Waals surface area contributed by atoms with Crippen molar-refractivity contribution in [3.8, 4) is 22.8 Å². The van der Waals surface area contributed by atoms with Gasteiger partial charge in [0.1, 0.15) is 35.7 Å². The molecular weight excluding hydrogens is 588 g/mol. The van der Waals surface area contributed by atoms with E-state index in [1.165, 1.54) is 12.3 Å². The molecule has 6 rings (SSSR count). The third-order valence-corrected chi connectivity index (χ3v) is 10.5. The molecule has 0 N–H and O–H groups in total. The minimum Gasteiger partial charge on any atom is -0.490 e. The van der Waals surface area contributed by atoms with Gasteiger partial charge in [0, 0.05) is 54.5 Å². The first kappa shape index (κ1) is 30.5. The highest BCUT2D eigenvalue weighted by Crippen LogP contribution is 2.62. The van der Waals surface area contributed by atoms with Gasteiger partial charge in [0.05, 0.1) is 11.2 Å². The second-order valence-corrected chi connectivity index (χ2v) is 15.8. The molecule has 7 nitrogen and oxygen atoms in total. The van der Waals surface area contributed by atoms with E-state index in [0.29, 0.717) is 30.0 Å². The Labute approximate surface area is 256 Å². The number of carbonyl (C=O) groups excluding carboxylic acids is 1. The quantitative estimate of drug-likeness (QED) is 0.268. The van der Waals surface area contributed by atoms with Crippen molar-refractivity contribution in [2.45, 2.75) is 83.4 Å². The summed E-state index contributed by atoms with van der Waals surface area (Å²) in [6.45, 7) is 9.11. The van der Waals surface area contributed by atoms with Crippen molar-refractivity contribution in [1.29, 1.82) is 0 Å². The number of esters is 1. The lowest BCUT2D eigenvalue weighted by atomic mass is 9.93. The average molecular weight is 626 g/mol.